The summed E-state index contributed by atoms with van der Waals surface area (Å²) >= 11 is 0. The summed E-state index contributed by atoms with van der Waals surface area (Å²) in [5.41, 5.74) is 7.56. The van der Waals surface area contributed by atoms with E-state index in [0.717, 1.165) is 21.6 Å². The summed E-state index contributed by atoms with van der Waals surface area (Å²) in [6.07, 6.45) is 6.51. The number of Topliss-reactive ketones (excluding diaryl/α,β-unsaturated/α-hetero) is 1. The minimum Gasteiger partial charge on any atom is -0.393 e. The fraction of sp³-hybridized carbons (Fsp3) is 0.500. The van der Waals surface area contributed by atoms with Crippen LogP contribution in [0.2, 0.25) is 0 Å². The molecule has 2 aromatic carbocycles. The summed E-state index contributed by atoms with van der Waals surface area (Å²) in [5, 5.41) is 40.2. The molecular weight excluding hydrogens is 823 g/mol. The van der Waals surface area contributed by atoms with E-state index in [0.29, 0.717) is 36.9 Å². The first-order valence-electron chi connectivity index (χ1n) is 22.0. The number of ketones is 2. The Kier molecular flexibility index (Phi) is 11.9. The smallest absolute Gasteiger partial charge is 0.339 e. The third-order valence-corrected chi connectivity index (χ3v) is 15.0. The Morgan fingerprint density at radius 3 is 2.44 bits per heavy atom. The zero-order valence-electron chi connectivity index (χ0n) is 36.5. The molecular formula is C48H58N5O11+. The number of allylic oxidation sites excluding steroid dienone is 4. The Morgan fingerprint density at radius 2 is 1.73 bits per heavy atom. The standard InChI is InChI=1S/C48H57N5O11/c1-26(50-38(58)16-19-53-39(59)12-13-40(53)60)42(61)51-27(2)43(62)52-32-7-5-6-29(21-32)20-28-8-10-30(11-9-28)44-63-37-23-35-46(4,48(37,64-44)36(57)25-54)24-34(56)41-45(3)17-15-33(55)22-31(45)14-18-47(35,41)49/h5-13,15,17,21-22,26-27,34-35,37,39,41,44,54,56,59H,14,16,18-20,23-25,49H2,1-4H3,(H,50,58)(H,51,61)(H,52,62)/p+1/t26-,27-,34-,35+,37+,39?,41+,44+,45-,46?,47?,48+/m0/s1. The van der Waals surface area contributed by atoms with Gasteiger partial charge in [0.15, 0.2) is 17.7 Å². The highest BCUT2D eigenvalue weighted by molar-refractivity contribution is 6.02. The zero-order chi connectivity index (χ0) is 45.9. The number of rotatable bonds is 13. The first-order valence-corrected chi connectivity index (χ1v) is 22.0. The molecule has 16 nitrogen and oxygen atoms in total. The van der Waals surface area contributed by atoms with E-state index in [2.05, 4.69) is 22.9 Å². The van der Waals surface area contributed by atoms with Crippen LogP contribution in [0.5, 0.6) is 0 Å². The van der Waals surface area contributed by atoms with Crippen LogP contribution < -0.4 is 21.7 Å². The molecule has 1 saturated heterocycles. The van der Waals surface area contributed by atoms with Gasteiger partial charge in [-0.05, 0) is 81.2 Å². The van der Waals surface area contributed by atoms with Crippen molar-refractivity contribution in [3.63, 3.8) is 0 Å². The summed E-state index contributed by atoms with van der Waals surface area (Å²) in [6, 6.07) is 13.0. The number of amides is 4. The summed E-state index contributed by atoms with van der Waals surface area (Å²) in [4.78, 5) is 75.5. The van der Waals surface area contributed by atoms with Gasteiger partial charge < -0.3 is 51.4 Å². The number of benzene rings is 2. The first kappa shape index (κ1) is 45.2. The Labute approximate surface area is 371 Å². The third kappa shape index (κ3) is 7.63. The Bertz CT molecular complexity index is 2350. The van der Waals surface area contributed by atoms with Crippen LogP contribution in [-0.4, -0.2) is 115 Å². The molecule has 340 valence electrons. The van der Waals surface area contributed by atoms with E-state index < -0.39 is 94.8 Å². The van der Waals surface area contributed by atoms with Crippen LogP contribution in [0.15, 0.2) is 84.5 Å². The van der Waals surface area contributed by atoms with Crippen molar-refractivity contribution in [1.29, 1.82) is 0 Å². The van der Waals surface area contributed by atoms with Crippen LogP contribution in [0, 0.1) is 22.7 Å². The number of hydrogen-bond donors (Lipinski definition) is 7. The van der Waals surface area contributed by atoms with E-state index in [1.54, 1.807) is 18.2 Å². The summed E-state index contributed by atoms with van der Waals surface area (Å²) in [6.45, 7) is 6.24. The van der Waals surface area contributed by atoms with E-state index in [9.17, 15) is 44.1 Å². The average molecular weight is 881 g/mol. The van der Waals surface area contributed by atoms with Crippen LogP contribution >= 0.6 is 0 Å². The molecule has 64 heavy (non-hydrogen) atoms. The number of nitrogens with two attached hydrogens (primary N) is 1. The molecule has 2 aliphatic heterocycles. The molecule has 0 spiro atoms. The molecule has 16 heteroatoms. The van der Waals surface area contributed by atoms with E-state index in [4.69, 9.17) is 15.2 Å². The maximum absolute atomic E-state index is 14.0. The number of anilines is 1. The van der Waals surface area contributed by atoms with Crippen molar-refractivity contribution < 1.29 is 53.6 Å². The number of fused-ring (bicyclic) bond motifs is 7. The van der Waals surface area contributed by atoms with Gasteiger partial charge in [-0.1, -0.05) is 61.9 Å². The fourth-order valence-electron chi connectivity index (χ4n) is 11.9. The van der Waals surface area contributed by atoms with Crippen molar-refractivity contribution in [2.75, 3.05) is 18.5 Å². The molecule has 12 atom stereocenters. The van der Waals surface area contributed by atoms with Crippen LogP contribution in [-0.2, 0) is 39.9 Å². The molecule has 0 radical (unpaired) electrons. The Hall–Kier alpha value is -5.36. The highest BCUT2D eigenvalue weighted by atomic mass is 16.7. The quantitative estimate of drug-likeness (QED) is 0.143. The van der Waals surface area contributed by atoms with Gasteiger partial charge in [0, 0.05) is 64.7 Å². The first-order chi connectivity index (χ1) is 30.3. The van der Waals surface area contributed by atoms with E-state index >= 15 is 0 Å². The third-order valence-electron chi connectivity index (χ3n) is 15.0. The Balaban J connectivity index is 0.880. The summed E-state index contributed by atoms with van der Waals surface area (Å²) in [5.74, 6) is -2.91. The topological polar surface area (TPSA) is 251 Å². The lowest BCUT2D eigenvalue weighted by Crippen LogP contribution is -2.72. The normalized spacial score (nSPS) is 34.5. The summed E-state index contributed by atoms with van der Waals surface area (Å²) < 4.78 is 13.4. The Morgan fingerprint density at radius 1 is 1.00 bits per heavy atom. The number of ether oxygens (including phenoxy) is 2. The van der Waals surface area contributed by atoms with Gasteiger partial charge in [-0.3, -0.25) is 28.8 Å². The molecule has 3 unspecified atom stereocenters. The molecule has 2 aromatic rings. The second-order valence-corrected chi connectivity index (χ2v) is 18.9. The molecule has 6 aliphatic rings. The molecule has 3 saturated carbocycles. The maximum Gasteiger partial charge on any atom is 0.339 e. The van der Waals surface area contributed by atoms with E-state index in [1.165, 1.54) is 26.0 Å². The molecule has 0 aromatic heterocycles. The van der Waals surface area contributed by atoms with E-state index in [1.807, 2.05) is 55.5 Å². The number of nitrogens with zero attached hydrogens (tertiary/aromatic N) is 1. The maximum atomic E-state index is 14.0. The number of carbonyl (C=O) groups is 5. The van der Waals surface area contributed by atoms with Gasteiger partial charge in [0.05, 0.1) is 12.2 Å². The molecule has 9 N–H and O–H groups in total. The number of aliphatic hydroxyl groups is 3. The summed E-state index contributed by atoms with van der Waals surface area (Å²) in [7, 11) is 0. The van der Waals surface area contributed by atoms with Crippen molar-refractivity contribution in [2.24, 2.45) is 28.4 Å². The lowest BCUT2D eigenvalue weighted by Gasteiger charge is -2.64. The SMILES string of the molecule is C[C@H](NC(=O)CCN1C(=O)C=CC1O)C(=O)N[C@@H](C)C(=O)Nc1cccc(Cc2ccc([C@@H]3O[C@@H]4C[C@H]5C6(N)CCC7=CC(=[OH+])C=C[C@]7(C)[C@H]6[C@@H](O)CC5(C)[C@]4(C(=O)CO)O3)cc2)c1. The second kappa shape index (κ2) is 16.9. The molecule has 4 aliphatic carbocycles. The molecule has 2 heterocycles. The number of nitrogens with one attached hydrogen (secondary N) is 3. The van der Waals surface area contributed by atoms with Gasteiger partial charge in [0.25, 0.3) is 0 Å². The van der Waals surface area contributed by atoms with Crippen molar-refractivity contribution in [2.45, 2.75) is 114 Å². The van der Waals surface area contributed by atoms with E-state index in [-0.39, 0.29) is 37.0 Å². The highest BCUT2D eigenvalue weighted by Crippen LogP contribution is 2.71. The van der Waals surface area contributed by atoms with Crippen LogP contribution in [0.4, 0.5) is 5.69 Å². The lowest BCUT2D eigenvalue weighted by molar-refractivity contribution is -0.205. The van der Waals surface area contributed by atoms with Gasteiger partial charge in [-0.25, -0.2) is 0 Å². The minimum atomic E-state index is -1.54. The zero-order valence-corrected chi connectivity index (χ0v) is 36.5. The molecule has 4 fully saturated rings. The van der Waals surface area contributed by atoms with Gasteiger partial charge in [-0.2, -0.15) is 0 Å². The lowest BCUT2D eigenvalue weighted by atomic mass is 9.43. The van der Waals surface area contributed by atoms with Gasteiger partial charge in [-0.15, -0.1) is 0 Å². The minimum absolute atomic E-state index is 0.0210. The van der Waals surface area contributed by atoms with Gasteiger partial charge in [0.2, 0.25) is 23.6 Å². The van der Waals surface area contributed by atoms with Gasteiger partial charge >= 0.3 is 5.78 Å². The van der Waals surface area contributed by atoms with Crippen molar-refractivity contribution in [3.05, 3.63) is 101 Å². The number of aliphatic hydroxyl groups excluding tert-OH is 3. The van der Waals surface area contributed by atoms with Gasteiger partial charge in [0.1, 0.15) is 24.9 Å². The second-order valence-electron chi connectivity index (χ2n) is 18.9. The number of hydrogen-bond acceptors (Lipinski definition) is 11. The largest absolute Gasteiger partial charge is 0.393 e. The van der Waals surface area contributed by atoms with Crippen LogP contribution in [0.3, 0.4) is 0 Å². The molecule has 4 amide bonds. The average Bonchev–Trinajstić information content (AvgIpc) is 3.88. The van der Waals surface area contributed by atoms with Crippen molar-refractivity contribution >= 4 is 40.9 Å². The molecule has 8 rings (SSSR count). The predicted octanol–water partition coefficient (Wildman–Crippen LogP) is 1.99. The predicted molar refractivity (Wildman–Crippen MR) is 233 cm³/mol. The highest BCUT2D eigenvalue weighted by Gasteiger charge is 2.78. The van der Waals surface area contributed by atoms with Crippen LogP contribution in [0.25, 0.3) is 0 Å². The van der Waals surface area contributed by atoms with Crippen LogP contribution in [0.1, 0.15) is 82.8 Å². The van der Waals surface area contributed by atoms with Crippen molar-refractivity contribution in [3.8, 4) is 0 Å². The monoisotopic (exact) mass is 880 g/mol. The fourth-order valence-corrected chi connectivity index (χ4v) is 11.9. The van der Waals surface area contributed by atoms with Crippen molar-refractivity contribution in [1.82, 2.24) is 15.5 Å². The number of carbonyl (C=O) groups excluding carboxylic acids is 6. The molecule has 0 bridgehead atoms.